The second kappa shape index (κ2) is 8.87. The molecule has 4 heteroatoms. The summed E-state index contributed by atoms with van der Waals surface area (Å²) < 4.78 is 6.20. The van der Waals surface area contributed by atoms with Gasteiger partial charge in [-0.1, -0.05) is 36.4 Å². The van der Waals surface area contributed by atoms with Crippen LogP contribution >= 0.6 is 0 Å². The molecular weight excluding hydrogens is 374 g/mol. The van der Waals surface area contributed by atoms with Crippen LogP contribution in [-0.4, -0.2) is 22.7 Å². The van der Waals surface area contributed by atoms with Crippen molar-refractivity contribution in [3.63, 3.8) is 0 Å². The summed E-state index contributed by atoms with van der Waals surface area (Å²) in [6.07, 6.45) is 3.38. The molecule has 4 rings (SSSR count). The Morgan fingerprint density at radius 1 is 1.00 bits per heavy atom. The van der Waals surface area contributed by atoms with Crippen molar-refractivity contribution in [2.24, 2.45) is 0 Å². The normalized spacial score (nSPS) is 11.0. The highest BCUT2D eigenvalue weighted by Crippen LogP contribution is 2.33. The summed E-state index contributed by atoms with van der Waals surface area (Å²) >= 11 is 0. The lowest BCUT2D eigenvalue weighted by atomic mass is 9.98. The Morgan fingerprint density at radius 3 is 2.70 bits per heavy atom. The van der Waals surface area contributed by atoms with Gasteiger partial charge in [0.05, 0.1) is 6.61 Å². The summed E-state index contributed by atoms with van der Waals surface area (Å²) in [7, 11) is 0. The van der Waals surface area contributed by atoms with Crippen LogP contribution in [0.2, 0.25) is 0 Å². The number of carboxylic acid groups (broad SMARTS) is 1. The minimum absolute atomic E-state index is 0.115. The van der Waals surface area contributed by atoms with Crippen molar-refractivity contribution in [2.45, 2.75) is 26.2 Å². The van der Waals surface area contributed by atoms with Crippen molar-refractivity contribution in [1.82, 2.24) is 4.98 Å². The lowest BCUT2D eigenvalue weighted by Gasteiger charge is -2.14. The van der Waals surface area contributed by atoms with Gasteiger partial charge in [0.15, 0.2) is 0 Å². The van der Waals surface area contributed by atoms with Gasteiger partial charge in [-0.2, -0.15) is 0 Å². The molecule has 4 nitrogen and oxygen atoms in total. The summed E-state index contributed by atoms with van der Waals surface area (Å²) in [4.78, 5) is 14.2. The monoisotopic (exact) mass is 399 g/mol. The Hall–Kier alpha value is -3.53. The molecule has 30 heavy (non-hydrogen) atoms. The minimum atomic E-state index is -0.788. The van der Waals surface area contributed by atoms with Gasteiger partial charge in [0.2, 0.25) is 0 Å². The number of hydrogen-bond donors (Lipinski definition) is 2. The van der Waals surface area contributed by atoms with Crippen LogP contribution in [0.4, 0.5) is 0 Å². The highest BCUT2D eigenvalue weighted by Gasteiger charge is 2.11. The highest BCUT2D eigenvalue weighted by molar-refractivity contribution is 5.86. The molecule has 0 spiro atoms. The lowest BCUT2D eigenvalue weighted by molar-refractivity contribution is -0.136. The molecule has 1 heterocycles. The second-order valence-electron chi connectivity index (χ2n) is 7.53. The molecule has 1 aromatic heterocycles. The maximum atomic E-state index is 11.0. The zero-order valence-electron chi connectivity index (χ0n) is 17.0. The summed E-state index contributed by atoms with van der Waals surface area (Å²) in [5.41, 5.74) is 6.68. The fraction of sp³-hybridized carbons (Fsp3) is 0.192. The van der Waals surface area contributed by atoms with Crippen molar-refractivity contribution in [1.29, 1.82) is 0 Å². The predicted octanol–water partition coefficient (Wildman–Crippen LogP) is 5.78. The summed E-state index contributed by atoms with van der Waals surface area (Å²) in [6, 6.07) is 22.6. The molecule has 0 radical (unpaired) electrons. The van der Waals surface area contributed by atoms with Gasteiger partial charge in [-0.25, -0.2) is 0 Å². The van der Waals surface area contributed by atoms with E-state index in [2.05, 4.69) is 54.4 Å². The van der Waals surface area contributed by atoms with Gasteiger partial charge in [0.1, 0.15) is 5.75 Å². The van der Waals surface area contributed by atoms with Crippen LogP contribution in [0.3, 0.4) is 0 Å². The quantitative estimate of drug-likeness (QED) is 0.395. The fourth-order valence-corrected chi connectivity index (χ4v) is 3.72. The van der Waals surface area contributed by atoms with E-state index in [1.807, 2.05) is 30.5 Å². The van der Waals surface area contributed by atoms with Crippen LogP contribution in [0.1, 0.15) is 23.1 Å². The van der Waals surface area contributed by atoms with Crippen molar-refractivity contribution < 1.29 is 14.6 Å². The van der Waals surface area contributed by atoms with E-state index < -0.39 is 5.97 Å². The van der Waals surface area contributed by atoms with E-state index in [1.165, 1.54) is 11.1 Å². The van der Waals surface area contributed by atoms with Crippen LogP contribution < -0.4 is 4.74 Å². The molecule has 0 saturated carbocycles. The molecule has 0 aliphatic rings. The Bertz CT molecular complexity index is 1180. The number of fused-ring (bicyclic) bond motifs is 1. The van der Waals surface area contributed by atoms with Gasteiger partial charge in [-0.15, -0.1) is 0 Å². The third-order valence-corrected chi connectivity index (χ3v) is 5.43. The van der Waals surface area contributed by atoms with Gasteiger partial charge in [0, 0.05) is 30.1 Å². The number of aromatic amines is 1. The maximum absolute atomic E-state index is 11.0. The smallest absolute Gasteiger partial charge is 0.303 e. The van der Waals surface area contributed by atoms with E-state index in [4.69, 9.17) is 9.84 Å². The van der Waals surface area contributed by atoms with Crippen molar-refractivity contribution in [3.05, 3.63) is 89.6 Å². The van der Waals surface area contributed by atoms with Crippen LogP contribution in [0, 0.1) is 6.92 Å². The number of aliphatic carboxylic acids is 1. The van der Waals surface area contributed by atoms with Crippen molar-refractivity contribution >= 4 is 16.9 Å². The van der Waals surface area contributed by atoms with Gasteiger partial charge in [0.25, 0.3) is 0 Å². The fourth-order valence-electron chi connectivity index (χ4n) is 3.72. The van der Waals surface area contributed by atoms with Gasteiger partial charge in [-0.3, -0.25) is 4.79 Å². The average molecular weight is 399 g/mol. The first kappa shape index (κ1) is 19.8. The highest BCUT2D eigenvalue weighted by atomic mass is 16.5. The number of carboxylic acids is 1. The average Bonchev–Trinajstić information content (AvgIpc) is 3.22. The standard InChI is InChI=1S/C26H25NO3/c1-18-4-2-3-5-20(18)13-15-30-25-10-6-19(7-11-26(28)29)16-23(25)21-8-9-24-22(17-21)12-14-27-24/h2-6,8-10,12,14,16-17,27H,7,11,13,15H2,1H3,(H,28,29). The lowest BCUT2D eigenvalue weighted by Crippen LogP contribution is -2.04. The first-order valence-electron chi connectivity index (χ1n) is 10.2. The van der Waals surface area contributed by atoms with E-state index >= 15 is 0 Å². The number of nitrogens with one attached hydrogen (secondary N) is 1. The molecule has 0 atom stereocenters. The van der Waals surface area contributed by atoms with Crippen molar-refractivity contribution in [2.75, 3.05) is 6.61 Å². The number of benzene rings is 3. The van der Waals surface area contributed by atoms with Crippen LogP contribution in [0.5, 0.6) is 5.75 Å². The Morgan fingerprint density at radius 2 is 1.87 bits per heavy atom. The topological polar surface area (TPSA) is 62.3 Å². The maximum Gasteiger partial charge on any atom is 0.303 e. The third kappa shape index (κ3) is 4.54. The summed E-state index contributed by atoms with van der Waals surface area (Å²) in [6.45, 7) is 2.70. The number of carbonyl (C=O) groups is 1. The number of rotatable bonds is 8. The van der Waals surface area contributed by atoms with Crippen LogP contribution in [0.25, 0.3) is 22.0 Å². The third-order valence-electron chi connectivity index (χ3n) is 5.43. The summed E-state index contributed by atoms with van der Waals surface area (Å²) in [5.74, 6) is 0.0291. The SMILES string of the molecule is Cc1ccccc1CCOc1ccc(CCC(=O)O)cc1-c1ccc2[nH]ccc2c1. The first-order chi connectivity index (χ1) is 14.6. The van der Waals surface area contributed by atoms with Crippen LogP contribution in [0.15, 0.2) is 72.9 Å². The minimum Gasteiger partial charge on any atom is -0.493 e. The Balaban J connectivity index is 1.61. The van der Waals surface area contributed by atoms with Gasteiger partial charge >= 0.3 is 5.97 Å². The van der Waals surface area contributed by atoms with Gasteiger partial charge in [-0.05, 0) is 71.3 Å². The Kier molecular flexibility index (Phi) is 5.84. The molecule has 0 aliphatic carbocycles. The van der Waals surface area contributed by atoms with E-state index in [-0.39, 0.29) is 6.42 Å². The Labute approximate surface area is 176 Å². The van der Waals surface area contributed by atoms with Gasteiger partial charge < -0.3 is 14.8 Å². The molecule has 0 unspecified atom stereocenters. The summed E-state index contributed by atoms with van der Waals surface area (Å²) in [5, 5.41) is 10.2. The number of aromatic nitrogens is 1. The molecule has 0 fully saturated rings. The zero-order chi connectivity index (χ0) is 20.9. The molecule has 3 aromatic carbocycles. The molecule has 4 aromatic rings. The number of aryl methyl sites for hydroxylation is 2. The van der Waals surface area contributed by atoms with E-state index in [9.17, 15) is 4.79 Å². The van der Waals surface area contributed by atoms with E-state index in [0.717, 1.165) is 39.8 Å². The number of hydrogen-bond acceptors (Lipinski definition) is 2. The number of ether oxygens (including phenoxy) is 1. The first-order valence-corrected chi connectivity index (χ1v) is 10.2. The van der Waals surface area contributed by atoms with E-state index in [1.54, 1.807) is 0 Å². The predicted molar refractivity (Wildman–Crippen MR) is 120 cm³/mol. The largest absolute Gasteiger partial charge is 0.493 e. The second-order valence-corrected chi connectivity index (χ2v) is 7.53. The number of H-pyrrole nitrogens is 1. The molecule has 0 amide bonds. The van der Waals surface area contributed by atoms with Crippen molar-refractivity contribution in [3.8, 4) is 16.9 Å². The molecule has 2 N–H and O–H groups in total. The molecule has 0 aliphatic heterocycles. The van der Waals surface area contributed by atoms with E-state index in [0.29, 0.717) is 13.0 Å². The van der Waals surface area contributed by atoms with Crippen LogP contribution in [-0.2, 0) is 17.6 Å². The molecular formula is C26H25NO3. The zero-order valence-corrected chi connectivity index (χ0v) is 17.0. The molecule has 152 valence electrons. The molecule has 0 saturated heterocycles. The molecule has 0 bridgehead atoms.